The van der Waals surface area contributed by atoms with E-state index in [1.54, 1.807) is 33.9 Å². The number of nitrogens with zero attached hydrogens (tertiary/aromatic N) is 5. The van der Waals surface area contributed by atoms with Crippen LogP contribution in [0.15, 0.2) is 35.6 Å². The molecule has 1 amide bonds. The van der Waals surface area contributed by atoms with Gasteiger partial charge in [0.2, 0.25) is 0 Å². The zero-order chi connectivity index (χ0) is 21.7. The van der Waals surface area contributed by atoms with Crippen molar-refractivity contribution >= 4 is 11.6 Å². The molecule has 4 heterocycles. The SMILES string of the molecule is CC(C)(C)OC(=O)N1CCCCCC1.Cn1cc(-c2cn3nccc3c(=O)[nH]2)cn1. The summed E-state index contributed by atoms with van der Waals surface area (Å²) in [5.74, 6) is 0. The third kappa shape index (κ3) is 5.71. The minimum absolute atomic E-state index is 0.153. The second kappa shape index (κ2) is 9.15. The molecule has 162 valence electrons. The van der Waals surface area contributed by atoms with Crippen LogP contribution in [0.1, 0.15) is 46.5 Å². The molecule has 0 bridgehead atoms. The summed E-state index contributed by atoms with van der Waals surface area (Å²) in [5.41, 5.74) is 1.57. The second-order valence-electron chi connectivity index (χ2n) is 8.44. The molecule has 0 spiro atoms. The van der Waals surface area contributed by atoms with Gasteiger partial charge in [-0.1, -0.05) is 12.8 Å². The van der Waals surface area contributed by atoms with Gasteiger partial charge in [0.1, 0.15) is 11.1 Å². The van der Waals surface area contributed by atoms with Crippen LogP contribution >= 0.6 is 0 Å². The zero-order valence-electron chi connectivity index (χ0n) is 18.1. The van der Waals surface area contributed by atoms with Crippen molar-refractivity contribution in [2.75, 3.05) is 13.1 Å². The highest BCUT2D eigenvalue weighted by Gasteiger charge is 2.22. The number of amides is 1. The molecule has 1 aliphatic rings. The summed E-state index contributed by atoms with van der Waals surface area (Å²) in [5, 5.41) is 8.10. The van der Waals surface area contributed by atoms with Gasteiger partial charge in [0.05, 0.1) is 24.3 Å². The number of rotatable bonds is 1. The Hall–Kier alpha value is -3.10. The molecule has 0 unspecified atom stereocenters. The molecule has 0 aromatic carbocycles. The summed E-state index contributed by atoms with van der Waals surface area (Å²) < 4.78 is 8.56. The van der Waals surface area contributed by atoms with Crippen molar-refractivity contribution in [2.24, 2.45) is 7.05 Å². The molecular weight excluding hydrogens is 384 g/mol. The van der Waals surface area contributed by atoms with Crippen molar-refractivity contribution < 1.29 is 9.53 Å². The molecule has 1 saturated heterocycles. The van der Waals surface area contributed by atoms with E-state index in [1.807, 2.05) is 38.9 Å². The third-order valence-corrected chi connectivity index (χ3v) is 4.68. The van der Waals surface area contributed by atoms with Gasteiger partial charge < -0.3 is 14.6 Å². The number of carbonyl (C=O) groups is 1. The van der Waals surface area contributed by atoms with Gasteiger partial charge in [-0.2, -0.15) is 10.2 Å². The van der Waals surface area contributed by atoms with Gasteiger partial charge in [-0.05, 0) is 39.7 Å². The molecule has 0 radical (unpaired) electrons. The average Bonchev–Trinajstić information content (AvgIpc) is 3.22. The Balaban J connectivity index is 0.000000173. The van der Waals surface area contributed by atoms with Crippen molar-refractivity contribution in [1.82, 2.24) is 29.3 Å². The Bertz CT molecular complexity index is 1030. The Labute approximate surface area is 175 Å². The number of carbonyl (C=O) groups excluding carboxylic acids is 1. The molecule has 4 rings (SSSR count). The minimum Gasteiger partial charge on any atom is -0.444 e. The van der Waals surface area contributed by atoms with Crippen molar-refractivity contribution in [2.45, 2.75) is 52.1 Å². The van der Waals surface area contributed by atoms with E-state index < -0.39 is 0 Å². The number of H-pyrrole nitrogens is 1. The molecule has 1 fully saturated rings. The standard InChI is InChI=1S/C11H21NO2.C10H9N5O/c1-11(2,3)14-10(13)12-8-6-4-5-7-9-12;1-14-5-7(4-12-14)8-6-15-9(2-3-11-15)10(16)13-8/h4-9H2,1-3H3;2-6H,1H3,(H,13,16). The first-order valence-electron chi connectivity index (χ1n) is 10.3. The minimum atomic E-state index is -0.372. The number of hydrogen-bond donors (Lipinski definition) is 1. The number of aryl methyl sites for hydroxylation is 1. The second-order valence-corrected chi connectivity index (χ2v) is 8.44. The molecule has 0 atom stereocenters. The molecule has 0 aliphatic carbocycles. The number of ether oxygens (including phenoxy) is 1. The Morgan fingerprint density at radius 1 is 1.10 bits per heavy atom. The van der Waals surface area contributed by atoms with Crippen LogP contribution in [0, 0.1) is 0 Å². The normalized spacial score (nSPS) is 14.7. The predicted molar refractivity (Wildman–Crippen MR) is 114 cm³/mol. The van der Waals surface area contributed by atoms with Crippen LogP contribution in [0.4, 0.5) is 4.79 Å². The van der Waals surface area contributed by atoms with Gasteiger partial charge >= 0.3 is 6.09 Å². The van der Waals surface area contributed by atoms with Gasteiger partial charge in [0.25, 0.3) is 5.56 Å². The van der Waals surface area contributed by atoms with Crippen molar-refractivity contribution in [3.63, 3.8) is 0 Å². The lowest BCUT2D eigenvalue weighted by Crippen LogP contribution is -2.37. The Morgan fingerprint density at radius 3 is 2.40 bits per heavy atom. The van der Waals surface area contributed by atoms with Crippen LogP contribution in [0.3, 0.4) is 0 Å². The molecule has 1 aliphatic heterocycles. The maximum atomic E-state index is 11.7. The van der Waals surface area contributed by atoms with Gasteiger partial charge in [-0.15, -0.1) is 0 Å². The van der Waals surface area contributed by atoms with Crippen LogP contribution in [0.5, 0.6) is 0 Å². The van der Waals surface area contributed by atoms with Crippen LogP contribution in [0.25, 0.3) is 16.8 Å². The summed E-state index contributed by atoms with van der Waals surface area (Å²) in [6.45, 7) is 7.43. The van der Waals surface area contributed by atoms with Crippen molar-refractivity contribution in [1.29, 1.82) is 0 Å². The lowest BCUT2D eigenvalue weighted by atomic mass is 10.2. The molecule has 9 nitrogen and oxygen atoms in total. The maximum Gasteiger partial charge on any atom is 0.410 e. The van der Waals surface area contributed by atoms with Crippen LogP contribution < -0.4 is 5.56 Å². The summed E-state index contributed by atoms with van der Waals surface area (Å²) in [6, 6.07) is 1.67. The third-order valence-electron chi connectivity index (χ3n) is 4.68. The van der Waals surface area contributed by atoms with Gasteiger partial charge in [-0.25, -0.2) is 9.31 Å². The number of hydrogen-bond acceptors (Lipinski definition) is 5. The van der Waals surface area contributed by atoms with E-state index in [0.717, 1.165) is 31.5 Å². The van der Waals surface area contributed by atoms with Crippen LogP contribution in [0.2, 0.25) is 0 Å². The van der Waals surface area contributed by atoms with E-state index in [4.69, 9.17) is 4.74 Å². The summed E-state index contributed by atoms with van der Waals surface area (Å²) in [4.78, 5) is 28.0. The van der Waals surface area contributed by atoms with Crippen LogP contribution in [-0.4, -0.2) is 54.1 Å². The molecule has 1 N–H and O–H groups in total. The first kappa shape index (κ1) is 21.6. The lowest BCUT2D eigenvalue weighted by molar-refractivity contribution is 0.0257. The van der Waals surface area contributed by atoms with E-state index in [0.29, 0.717) is 11.2 Å². The zero-order valence-corrected chi connectivity index (χ0v) is 18.1. The molecular formula is C21H30N6O3. The smallest absolute Gasteiger partial charge is 0.410 e. The average molecular weight is 415 g/mol. The quantitative estimate of drug-likeness (QED) is 0.659. The highest BCUT2D eigenvalue weighted by molar-refractivity contribution is 5.68. The van der Waals surface area contributed by atoms with E-state index in [9.17, 15) is 9.59 Å². The highest BCUT2D eigenvalue weighted by atomic mass is 16.6. The monoisotopic (exact) mass is 414 g/mol. The fourth-order valence-electron chi connectivity index (χ4n) is 3.22. The Kier molecular flexibility index (Phi) is 6.59. The number of fused-ring (bicyclic) bond motifs is 1. The lowest BCUT2D eigenvalue weighted by Gasteiger charge is -2.26. The van der Waals surface area contributed by atoms with E-state index in [-0.39, 0.29) is 17.3 Å². The molecule has 3 aromatic rings. The fraction of sp³-hybridized carbons (Fsp3) is 0.524. The van der Waals surface area contributed by atoms with Crippen LogP contribution in [-0.2, 0) is 11.8 Å². The summed E-state index contributed by atoms with van der Waals surface area (Å²) >= 11 is 0. The number of aromatic nitrogens is 5. The molecule has 9 heteroatoms. The molecule has 30 heavy (non-hydrogen) atoms. The van der Waals surface area contributed by atoms with Crippen molar-refractivity contribution in [3.05, 3.63) is 41.2 Å². The maximum absolute atomic E-state index is 11.7. The first-order valence-corrected chi connectivity index (χ1v) is 10.3. The van der Waals surface area contributed by atoms with Gasteiger partial charge in [0.15, 0.2) is 0 Å². The molecule has 3 aromatic heterocycles. The summed E-state index contributed by atoms with van der Waals surface area (Å²) in [6.07, 6.45) is 11.4. The number of aromatic amines is 1. The van der Waals surface area contributed by atoms with Gasteiger partial charge in [0, 0.05) is 31.9 Å². The first-order chi connectivity index (χ1) is 14.2. The fourth-order valence-corrected chi connectivity index (χ4v) is 3.22. The highest BCUT2D eigenvalue weighted by Crippen LogP contribution is 2.15. The summed E-state index contributed by atoms with van der Waals surface area (Å²) in [7, 11) is 1.83. The predicted octanol–water partition coefficient (Wildman–Crippen LogP) is 3.22. The largest absolute Gasteiger partial charge is 0.444 e. The molecule has 0 saturated carbocycles. The van der Waals surface area contributed by atoms with E-state index >= 15 is 0 Å². The number of likely N-dealkylation sites (tertiary alicyclic amines) is 1. The van der Waals surface area contributed by atoms with Crippen molar-refractivity contribution in [3.8, 4) is 11.3 Å². The Morgan fingerprint density at radius 2 is 1.80 bits per heavy atom. The van der Waals surface area contributed by atoms with E-state index in [2.05, 4.69) is 15.2 Å². The van der Waals surface area contributed by atoms with Gasteiger partial charge in [-0.3, -0.25) is 9.48 Å². The number of nitrogens with one attached hydrogen (secondary N) is 1. The van der Waals surface area contributed by atoms with E-state index in [1.165, 1.54) is 12.8 Å². The topological polar surface area (TPSA) is 97.5 Å².